The minimum atomic E-state index is -0.258. The fraction of sp³-hybridized carbons (Fsp3) is 0.333. The zero-order chi connectivity index (χ0) is 18.5. The third-order valence-corrected chi connectivity index (χ3v) is 5.31. The molecule has 1 unspecified atom stereocenters. The van der Waals surface area contributed by atoms with E-state index < -0.39 is 0 Å². The highest BCUT2D eigenvalue weighted by molar-refractivity contribution is 14.0. The summed E-state index contributed by atoms with van der Waals surface area (Å²) in [5.41, 5.74) is 0.835. The number of anilines is 1. The van der Waals surface area contributed by atoms with Gasteiger partial charge in [0.15, 0.2) is 5.96 Å². The Kier molecular flexibility index (Phi) is 8.56. The quantitative estimate of drug-likeness (QED) is 0.330. The number of aliphatic imine (C=N–C) groups is 1. The lowest BCUT2D eigenvalue weighted by molar-refractivity contribution is 0.622. The molecule has 5 nitrogen and oxygen atoms in total. The van der Waals surface area contributed by atoms with E-state index in [4.69, 9.17) is 11.6 Å². The van der Waals surface area contributed by atoms with Crippen molar-refractivity contribution in [2.75, 3.05) is 25.0 Å². The third kappa shape index (κ3) is 5.92. The van der Waals surface area contributed by atoms with E-state index >= 15 is 0 Å². The first kappa shape index (κ1) is 22.2. The molecule has 3 rings (SSSR count). The lowest BCUT2D eigenvalue weighted by Crippen LogP contribution is -2.44. The maximum atomic E-state index is 13.4. The molecule has 1 aromatic carbocycles. The van der Waals surface area contributed by atoms with Crippen LogP contribution >= 0.6 is 51.5 Å². The molecule has 0 spiro atoms. The number of nitrogens with zero attached hydrogens (tertiary/aromatic N) is 3. The molecule has 0 bridgehead atoms. The van der Waals surface area contributed by atoms with Crippen LogP contribution in [0.4, 0.5) is 10.2 Å². The Hall–Kier alpha value is -1.13. The Balaban J connectivity index is 0.00000261. The maximum absolute atomic E-state index is 13.4. The summed E-state index contributed by atoms with van der Waals surface area (Å²) < 4.78 is 14.3. The van der Waals surface area contributed by atoms with Crippen molar-refractivity contribution in [3.63, 3.8) is 0 Å². The number of hydrogen-bond donors (Lipinski definition) is 2. The smallest absolute Gasteiger partial charge is 0.191 e. The van der Waals surface area contributed by atoms with Gasteiger partial charge in [0.1, 0.15) is 11.6 Å². The first-order chi connectivity index (χ1) is 12.6. The predicted molar refractivity (Wildman–Crippen MR) is 123 cm³/mol. The molecule has 1 aromatic heterocycles. The van der Waals surface area contributed by atoms with Crippen LogP contribution in [0.15, 0.2) is 46.0 Å². The van der Waals surface area contributed by atoms with Gasteiger partial charge in [-0.15, -0.1) is 24.0 Å². The normalized spacial score (nSPS) is 16.8. The highest BCUT2D eigenvalue weighted by atomic mass is 127. The topological polar surface area (TPSA) is 52.6 Å². The monoisotopic (exact) mass is 567 g/mol. The van der Waals surface area contributed by atoms with Crippen LogP contribution in [-0.4, -0.2) is 37.1 Å². The van der Waals surface area contributed by atoms with E-state index in [1.807, 2.05) is 12.1 Å². The summed E-state index contributed by atoms with van der Waals surface area (Å²) in [4.78, 5) is 10.8. The summed E-state index contributed by atoms with van der Waals surface area (Å²) >= 11 is 9.67. The van der Waals surface area contributed by atoms with Crippen LogP contribution in [0.1, 0.15) is 12.0 Å². The Bertz CT molecular complexity index is 807. The van der Waals surface area contributed by atoms with Gasteiger partial charge < -0.3 is 15.5 Å². The van der Waals surface area contributed by atoms with Crippen molar-refractivity contribution < 1.29 is 4.39 Å². The molecule has 9 heteroatoms. The summed E-state index contributed by atoms with van der Waals surface area (Å²) in [6.45, 7) is 2.14. The molecular weight excluding hydrogens is 547 g/mol. The van der Waals surface area contributed by atoms with Gasteiger partial charge in [-0.05, 0) is 42.3 Å². The number of hydrogen-bond acceptors (Lipinski definition) is 3. The van der Waals surface area contributed by atoms with Gasteiger partial charge in [0.2, 0.25) is 0 Å². The molecule has 1 saturated heterocycles. The van der Waals surface area contributed by atoms with Gasteiger partial charge in [0.25, 0.3) is 0 Å². The molecule has 2 heterocycles. The van der Waals surface area contributed by atoms with Crippen molar-refractivity contribution in [3.8, 4) is 0 Å². The Morgan fingerprint density at radius 1 is 1.44 bits per heavy atom. The van der Waals surface area contributed by atoms with E-state index in [0.717, 1.165) is 35.4 Å². The van der Waals surface area contributed by atoms with Gasteiger partial charge >= 0.3 is 0 Å². The van der Waals surface area contributed by atoms with Gasteiger partial charge in [-0.2, -0.15) is 0 Å². The molecule has 1 fully saturated rings. The van der Waals surface area contributed by atoms with Crippen LogP contribution in [-0.2, 0) is 6.54 Å². The van der Waals surface area contributed by atoms with Crippen molar-refractivity contribution in [2.45, 2.75) is 19.0 Å². The number of nitrogens with one attached hydrogen (secondary N) is 2. The van der Waals surface area contributed by atoms with Crippen LogP contribution in [0.3, 0.4) is 0 Å². The number of rotatable bonds is 4. The minimum Gasteiger partial charge on any atom is -0.353 e. The molecule has 0 amide bonds. The fourth-order valence-electron chi connectivity index (χ4n) is 2.93. The fourth-order valence-corrected chi connectivity index (χ4v) is 3.55. The van der Waals surface area contributed by atoms with E-state index in [2.05, 4.69) is 41.4 Å². The Morgan fingerprint density at radius 2 is 2.26 bits per heavy atom. The van der Waals surface area contributed by atoms with Crippen molar-refractivity contribution in [1.29, 1.82) is 0 Å². The zero-order valence-electron chi connectivity index (χ0n) is 14.8. The average molecular weight is 569 g/mol. The standard InChI is InChI=1S/C18H20BrClFN5.HI/c1-22-18(24-10-12-9-13(21)4-5-15(12)19)25-14-6-8-26(11-14)17-16(20)3-2-7-23-17;/h2-5,7,9,14H,6,8,10-11H2,1H3,(H2,22,24,25);1H. The van der Waals surface area contributed by atoms with Crippen molar-refractivity contribution in [3.05, 3.63) is 57.4 Å². The summed E-state index contributed by atoms with van der Waals surface area (Å²) in [5, 5.41) is 7.29. The lowest BCUT2D eigenvalue weighted by Gasteiger charge is -2.20. The van der Waals surface area contributed by atoms with Gasteiger partial charge in [-0.1, -0.05) is 27.5 Å². The highest BCUT2D eigenvalue weighted by Crippen LogP contribution is 2.25. The second kappa shape index (κ2) is 10.4. The molecule has 2 aromatic rings. The Labute approximate surface area is 188 Å². The maximum Gasteiger partial charge on any atom is 0.191 e. The SMILES string of the molecule is CN=C(NCc1cc(F)ccc1Br)NC1CCN(c2ncccc2Cl)C1.I. The molecule has 1 atom stereocenters. The number of pyridine rings is 1. The van der Waals surface area contributed by atoms with Gasteiger partial charge in [-0.25, -0.2) is 9.37 Å². The minimum absolute atomic E-state index is 0. The average Bonchev–Trinajstić information content (AvgIpc) is 3.10. The Morgan fingerprint density at radius 3 is 3.00 bits per heavy atom. The molecule has 146 valence electrons. The van der Waals surface area contributed by atoms with Crippen LogP contribution < -0.4 is 15.5 Å². The second-order valence-corrected chi connectivity index (χ2v) is 7.31. The van der Waals surface area contributed by atoms with Crippen LogP contribution in [0.5, 0.6) is 0 Å². The van der Waals surface area contributed by atoms with Gasteiger partial charge in [0, 0.05) is 43.4 Å². The third-order valence-electron chi connectivity index (χ3n) is 4.25. The molecule has 0 saturated carbocycles. The largest absolute Gasteiger partial charge is 0.353 e. The number of aromatic nitrogens is 1. The van der Waals surface area contributed by atoms with E-state index in [-0.39, 0.29) is 35.8 Å². The summed E-state index contributed by atoms with van der Waals surface area (Å²) in [6.07, 6.45) is 2.70. The number of guanidine groups is 1. The predicted octanol–water partition coefficient (Wildman–Crippen LogP) is 4.20. The van der Waals surface area contributed by atoms with Crippen LogP contribution in [0, 0.1) is 5.82 Å². The molecular formula is C18H21BrClFIN5. The first-order valence-electron chi connectivity index (χ1n) is 8.33. The van der Waals surface area contributed by atoms with E-state index in [9.17, 15) is 4.39 Å². The molecule has 1 aliphatic rings. The van der Waals surface area contributed by atoms with Crippen molar-refractivity contribution >= 4 is 63.3 Å². The molecule has 0 aliphatic carbocycles. The number of halogens is 4. The highest BCUT2D eigenvalue weighted by Gasteiger charge is 2.25. The molecule has 27 heavy (non-hydrogen) atoms. The summed E-state index contributed by atoms with van der Waals surface area (Å²) in [7, 11) is 1.72. The summed E-state index contributed by atoms with van der Waals surface area (Å²) in [6, 6.07) is 8.54. The van der Waals surface area contributed by atoms with E-state index in [0.29, 0.717) is 17.5 Å². The van der Waals surface area contributed by atoms with Gasteiger partial charge in [0.05, 0.1) is 5.02 Å². The van der Waals surface area contributed by atoms with Crippen molar-refractivity contribution in [2.24, 2.45) is 4.99 Å². The number of benzene rings is 1. The van der Waals surface area contributed by atoms with Gasteiger partial charge in [-0.3, -0.25) is 4.99 Å². The molecule has 1 aliphatic heterocycles. The summed E-state index contributed by atoms with van der Waals surface area (Å²) in [5.74, 6) is 1.23. The zero-order valence-corrected chi connectivity index (χ0v) is 19.4. The first-order valence-corrected chi connectivity index (χ1v) is 9.50. The van der Waals surface area contributed by atoms with Crippen LogP contribution in [0.25, 0.3) is 0 Å². The van der Waals surface area contributed by atoms with Crippen molar-refractivity contribution in [1.82, 2.24) is 15.6 Å². The van der Waals surface area contributed by atoms with E-state index in [1.54, 1.807) is 19.3 Å². The second-order valence-electron chi connectivity index (χ2n) is 6.05. The molecule has 0 radical (unpaired) electrons. The lowest BCUT2D eigenvalue weighted by atomic mass is 10.2. The van der Waals surface area contributed by atoms with E-state index in [1.165, 1.54) is 12.1 Å². The van der Waals surface area contributed by atoms with Crippen LogP contribution in [0.2, 0.25) is 5.02 Å². The molecule has 2 N–H and O–H groups in total.